The van der Waals surface area contributed by atoms with E-state index in [0.717, 1.165) is 18.8 Å². The smallest absolute Gasteiger partial charge is 0.314 e. The SMILES string of the molecule is C[C@@H]1CN(c2ccc(NC(=O)C(=O)Nc3cn[nH]c3-c3ccccn3)cc2)C[C@@H](C)O1. The topological polar surface area (TPSA) is 112 Å². The lowest BCUT2D eigenvalue weighted by atomic mass is 10.2. The van der Waals surface area contributed by atoms with Gasteiger partial charge in [0.15, 0.2) is 0 Å². The summed E-state index contributed by atoms with van der Waals surface area (Å²) in [7, 11) is 0. The average molecular weight is 420 g/mol. The number of nitrogens with one attached hydrogen (secondary N) is 3. The molecular weight excluding hydrogens is 396 g/mol. The lowest BCUT2D eigenvalue weighted by molar-refractivity contribution is -0.132. The maximum Gasteiger partial charge on any atom is 0.314 e. The van der Waals surface area contributed by atoms with Gasteiger partial charge in [-0.15, -0.1) is 0 Å². The van der Waals surface area contributed by atoms with Crippen molar-refractivity contribution < 1.29 is 14.3 Å². The van der Waals surface area contributed by atoms with E-state index in [1.807, 2.05) is 18.2 Å². The number of amides is 2. The normalized spacial score (nSPS) is 18.5. The molecule has 4 rings (SSSR count). The summed E-state index contributed by atoms with van der Waals surface area (Å²) in [5, 5.41) is 11.9. The quantitative estimate of drug-likeness (QED) is 0.560. The molecule has 2 amide bonds. The summed E-state index contributed by atoms with van der Waals surface area (Å²) in [4.78, 5) is 31.2. The number of hydrogen-bond donors (Lipinski definition) is 3. The highest BCUT2D eigenvalue weighted by Gasteiger charge is 2.22. The van der Waals surface area contributed by atoms with Crippen molar-refractivity contribution in [1.29, 1.82) is 0 Å². The first-order chi connectivity index (χ1) is 15.0. The number of morpholine rings is 1. The van der Waals surface area contributed by atoms with E-state index in [4.69, 9.17) is 4.74 Å². The largest absolute Gasteiger partial charge is 0.372 e. The van der Waals surface area contributed by atoms with Crippen LogP contribution in [0.25, 0.3) is 11.4 Å². The van der Waals surface area contributed by atoms with Crippen LogP contribution in [0.2, 0.25) is 0 Å². The van der Waals surface area contributed by atoms with Crippen molar-refractivity contribution in [1.82, 2.24) is 15.2 Å². The number of H-pyrrole nitrogens is 1. The number of hydrogen-bond acceptors (Lipinski definition) is 6. The molecule has 1 aliphatic rings. The van der Waals surface area contributed by atoms with E-state index in [0.29, 0.717) is 22.8 Å². The molecule has 3 aromatic rings. The third kappa shape index (κ3) is 4.89. The molecule has 3 N–H and O–H groups in total. The average Bonchev–Trinajstić information content (AvgIpc) is 3.22. The van der Waals surface area contributed by atoms with Gasteiger partial charge in [0.05, 0.1) is 29.8 Å². The van der Waals surface area contributed by atoms with Crippen LogP contribution in [0, 0.1) is 0 Å². The van der Waals surface area contributed by atoms with Crippen LogP contribution in [0.5, 0.6) is 0 Å². The Balaban J connectivity index is 1.38. The molecule has 3 heterocycles. The summed E-state index contributed by atoms with van der Waals surface area (Å²) in [6.45, 7) is 5.72. The first-order valence-electron chi connectivity index (χ1n) is 10.1. The lowest BCUT2D eigenvalue weighted by Gasteiger charge is -2.36. The van der Waals surface area contributed by atoms with Gasteiger partial charge in [-0.3, -0.25) is 19.7 Å². The molecule has 2 atom stereocenters. The number of aromatic amines is 1. The van der Waals surface area contributed by atoms with Gasteiger partial charge in [0.25, 0.3) is 0 Å². The number of rotatable bonds is 4. The van der Waals surface area contributed by atoms with Crippen molar-refractivity contribution >= 4 is 28.9 Å². The molecule has 0 radical (unpaired) electrons. The molecule has 0 unspecified atom stereocenters. The minimum Gasteiger partial charge on any atom is -0.372 e. The molecule has 160 valence electrons. The van der Waals surface area contributed by atoms with Gasteiger partial charge in [0.2, 0.25) is 0 Å². The van der Waals surface area contributed by atoms with Crippen LogP contribution in [0.3, 0.4) is 0 Å². The van der Waals surface area contributed by atoms with Crippen LogP contribution in [0.15, 0.2) is 54.9 Å². The van der Waals surface area contributed by atoms with Gasteiger partial charge in [-0.1, -0.05) is 6.07 Å². The fourth-order valence-electron chi connectivity index (χ4n) is 3.60. The van der Waals surface area contributed by atoms with Crippen molar-refractivity contribution in [2.75, 3.05) is 28.6 Å². The van der Waals surface area contributed by atoms with Gasteiger partial charge in [0.1, 0.15) is 5.69 Å². The maximum atomic E-state index is 12.4. The van der Waals surface area contributed by atoms with Gasteiger partial charge in [-0.2, -0.15) is 5.10 Å². The summed E-state index contributed by atoms with van der Waals surface area (Å²) in [5.41, 5.74) is 3.10. The Bertz CT molecular complexity index is 1040. The van der Waals surface area contributed by atoms with Crippen molar-refractivity contribution in [2.45, 2.75) is 26.1 Å². The third-order valence-electron chi connectivity index (χ3n) is 4.92. The maximum absolute atomic E-state index is 12.4. The number of nitrogens with zero attached hydrogens (tertiary/aromatic N) is 3. The fourth-order valence-corrected chi connectivity index (χ4v) is 3.60. The monoisotopic (exact) mass is 420 g/mol. The Hall–Kier alpha value is -3.72. The predicted molar refractivity (Wildman–Crippen MR) is 118 cm³/mol. The number of aromatic nitrogens is 3. The summed E-state index contributed by atoms with van der Waals surface area (Å²) in [5.74, 6) is -1.56. The Kier molecular flexibility index (Phi) is 5.94. The van der Waals surface area contributed by atoms with Crippen molar-refractivity contribution in [3.8, 4) is 11.4 Å². The summed E-state index contributed by atoms with van der Waals surface area (Å²) in [6.07, 6.45) is 3.39. The standard InChI is InChI=1S/C22H24N6O3/c1-14-12-28(13-15(2)31-14)17-8-6-16(7-9-17)25-21(29)22(30)26-19-11-24-27-20(19)18-5-3-4-10-23-18/h3-11,14-15H,12-13H2,1-2H3,(H,24,27)(H,25,29)(H,26,30)/t14-,15-/m1/s1. The number of carbonyl (C=O) groups excluding carboxylic acids is 2. The van der Waals surface area contributed by atoms with Gasteiger partial charge >= 0.3 is 11.8 Å². The predicted octanol–water partition coefficient (Wildman–Crippen LogP) is 2.66. The molecular formula is C22H24N6O3. The van der Waals surface area contributed by atoms with E-state index >= 15 is 0 Å². The molecule has 1 aromatic carbocycles. The number of anilines is 3. The van der Waals surface area contributed by atoms with E-state index in [1.54, 1.807) is 30.5 Å². The highest BCUT2D eigenvalue weighted by Crippen LogP contribution is 2.24. The van der Waals surface area contributed by atoms with Gasteiger partial charge in [-0.05, 0) is 50.2 Å². The van der Waals surface area contributed by atoms with Crippen LogP contribution in [-0.2, 0) is 14.3 Å². The highest BCUT2D eigenvalue weighted by molar-refractivity contribution is 6.43. The molecule has 0 spiro atoms. The Morgan fingerprint density at radius 2 is 1.74 bits per heavy atom. The minimum atomic E-state index is -0.793. The number of ether oxygens (including phenoxy) is 1. The van der Waals surface area contributed by atoms with Crippen LogP contribution >= 0.6 is 0 Å². The fraction of sp³-hybridized carbons (Fsp3) is 0.273. The molecule has 0 saturated carbocycles. The van der Waals surface area contributed by atoms with E-state index < -0.39 is 11.8 Å². The number of carbonyl (C=O) groups is 2. The molecule has 9 nitrogen and oxygen atoms in total. The second kappa shape index (κ2) is 8.97. The second-order valence-corrected chi connectivity index (χ2v) is 7.49. The molecule has 0 bridgehead atoms. The summed E-state index contributed by atoms with van der Waals surface area (Å²) in [6, 6.07) is 12.8. The third-order valence-corrected chi connectivity index (χ3v) is 4.92. The van der Waals surface area contributed by atoms with Crippen LogP contribution in [0.1, 0.15) is 13.8 Å². The van der Waals surface area contributed by atoms with Crippen molar-refractivity contribution in [3.63, 3.8) is 0 Å². The zero-order chi connectivity index (χ0) is 21.8. The van der Waals surface area contributed by atoms with E-state index in [-0.39, 0.29) is 12.2 Å². The van der Waals surface area contributed by atoms with Crippen LogP contribution in [0.4, 0.5) is 17.1 Å². The van der Waals surface area contributed by atoms with Crippen molar-refractivity contribution in [3.05, 3.63) is 54.9 Å². The molecule has 31 heavy (non-hydrogen) atoms. The first kappa shape index (κ1) is 20.5. The minimum absolute atomic E-state index is 0.158. The van der Waals surface area contributed by atoms with Gasteiger partial charge in [-0.25, -0.2) is 0 Å². The Labute approximate surface area is 179 Å². The van der Waals surface area contributed by atoms with Gasteiger partial charge < -0.3 is 20.3 Å². The first-order valence-corrected chi connectivity index (χ1v) is 10.1. The molecule has 2 aromatic heterocycles. The number of benzene rings is 1. The van der Waals surface area contributed by atoms with Crippen LogP contribution in [-0.4, -0.2) is 52.3 Å². The second-order valence-electron chi connectivity index (χ2n) is 7.49. The molecule has 9 heteroatoms. The Morgan fingerprint density at radius 3 is 2.42 bits per heavy atom. The summed E-state index contributed by atoms with van der Waals surface area (Å²) < 4.78 is 5.77. The summed E-state index contributed by atoms with van der Waals surface area (Å²) >= 11 is 0. The highest BCUT2D eigenvalue weighted by atomic mass is 16.5. The molecule has 1 fully saturated rings. The number of pyridine rings is 1. The van der Waals surface area contributed by atoms with E-state index in [2.05, 4.69) is 44.6 Å². The zero-order valence-corrected chi connectivity index (χ0v) is 17.3. The molecule has 1 saturated heterocycles. The molecule has 0 aliphatic carbocycles. The Morgan fingerprint density at radius 1 is 1.03 bits per heavy atom. The molecule has 1 aliphatic heterocycles. The lowest BCUT2D eigenvalue weighted by Crippen LogP contribution is -2.45. The van der Waals surface area contributed by atoms with Crippen molar-refractivity contribution in [2.24, 2.45) is 0 Å². The zero-order valence-electron chi connectivity index (χ0n) is 17.3. The van der Waals surface area contributed by atoms with Crippen LogP contribution < -0.4 is 15.5 Å². The van der Waals surface area contributed by atoms with E-state index in [9.17, 15) is 9.59 Å². The van der Waals surface area contributed by atoms with Gasteiger partial charge in [0, 0.05) is 30.7 Å². The van der Waals surface area contributed by atoms with E-state index in [1.165, 1.54) is 6.20 Å².